The first-order valence-electron chi connectivity index (χ1n) is 12.2. The molecule has 5 fully saturated rings. The summed E-state index contributed by atoms with van der Waals surface area (Å²) in [6.45, 7) is 7.41. The number of epoxide rings is 1. The second-order valence-electron chi connectivity index (χ2n) is 11.3. The maximum Gasteiger partial charge on any atom is 0.309 e. The second-order valence-corrected chi connectivity index (χ2v) is 11.3. The van der Waals surface area contributed by atoms with Crippen molar-refractivity contribution in [2.45, 2.75) is 96.6 Å². The average Bonchev–Trinajstić information content (AvgIpc) is 3.38. The fourth-order valence-corrected chi connectivity index (χ4v) is 8.81. The predicted molar refractivity (Wildman–Crippen MR) is 113 cm³/mol. The van der Waals surface area contributed by atoms with Gasteiger partial charge in [0.2, 0.25) is 0 Å². The van der Waals surface area contributed by atoms with Crippen molar-refractivity contribution < 1.29 is 33.3 Å². The van der Waals surface area contributed by atoms with Gasteiger partial charge in [0.1, 0.15) is 17.8 Å². The molecule has 1 heterocycles. The van der Waals surface area contributed by atoms with Gasteiger partial charge >= 0.3 is 17.9 Å². The van der Waals surface area contributed by atoms with E-state index in [-0.39, 0.29) is 47.6 Å². The van der Waals surface area contributed by atoms with Crippen molar-refractivity contribution in [2.75, 3.05) is 7.11 Å². The second kappa shape index (κ2) is 7.18. The summed E-state index contributed by atoms with van der Waals surface area (Å²) in [6, 6.07) is 0. The number of methoxy groups -OCH3 is 1. The molecule has 5 rings (SSSR count). The standard InChI is InChI=1S/C25H36O7/c1-13(26)30-16-8-9-23(3)15(10-16)6-7-17-18(23)11-20(31-14(2)27)24(4)19(22(28)29-5)12-21-25(17,24)32-21/h15-21H,6-12H2,1-5H3/t15-,16+,17+,18-,19+,20-,21-,23-,24-,25-/m0/s1. The van der Waals surface area contributed by atoms with E-state index in [4.69, 9.17) is 18.9 Å². The molecule has 1 spiro atoms. The molecular formula is C25H36O7. The third kappa shape index (κ3) is 2.78. The van der Waals surface area contributed by atoms with Crippen molar-refractivity contribution in [3.8, 4) is 0 Å². The minimum atomic E-state index is -0.574. The van der Waals surface area contributed by atoms with E-state index in [1.807, 2.05) is 0 Å². The molecule has 10 atom stereocenters. The first kappa shape index (κ1) is 22.2. The highest BCUT2D eigenvalue weighted by atomic mass is 16.6. The number of hydrogen-bond acceptors (Lipinski definition) is 7. The summed E-state index contributed by atoms with van der Waals surface area (Å²) in [5, 5.41) is 0. The van der Waals surface area contributed by atoms with Gasteiger partial charge in [-0.25, -0.2) is 0 Å². The quantitative estimate of drug-likeness (QED) is 0.371. The minimum Gasteiger partial charge on any atom is -0.469 e. The van der Waals surface area contributed by atoms with Gasteiger partial charge in [-0.05, 0) is 68.1 Å². The van der Waals surface area contributed by atoms with E-state index in [0.717, 1.165) is 38.5 Å². The SMILES string of the molecule is COC(=O)[C@H]1C[C@@H]2O[C@@]23[C@@H]2CC[C@H]4C[C@H](OC(C)=O)CC[C@]4(C)[C@H]2C[C@H](OC(C)=O)[C@]13C. The Labute approximate surface area is 189 Å². The fourth-order valence-electron chi connectivity index (χ4n) is 8.81. The van der Waals surface area contributed by atoms with Crippen LogP contribution in [0.15, 0.2) is 0 Å². The van der Waals surface area contributed by atoms with Crippen molar-refractivity contribution in [1.29, 1.82) is 0 Å². The molecule has 1 saturated heterocycles. The number of rotatable bonds is 3. The fraction of sp³-hybridized carbons (Fsp3) is 0.880. The van der Waals surface area contributed by atoms with Gasteiger partial charge in [-0.3, -0.25) is 14.4 Å². The van der Waals surface area contributed by atoms with E-state index >= 15 is 0 Å². The highest BCUT2D eigenvalue weighted by Gasteiger charge is 2.84. The predicted octanol–water partition coefficient (Wildman–Crippen LogP) is 3.42. The molecule has 178 valence electrons. The van der Waals surface area contributed by atoms with Gasteiger partial charge in [0.05, 0.1) is 19.1 Å². The molecule has 7 nitrogen and oxygen atoms in total. The number of ether oxygens (including phenoxy) is 4. The smallest absolute Gasteiger partial charge is 0.309 e. The van der Waals surface area contributed by atoms with Crippen LogP contribution in [0, 0.1) is 34.5 Å². The van der Waals surface area contributed by atoms with Crippen LogP contribution < -0.4 is 0 Å². The van der Waals surface area contributed by atoms with Crippen LogP contribution in [0.3, 0.4) is 0 Å². The van der Waals surface area contributed by atoms with E-state index in [2.05, 4.69) is 13.8 Å². The molecule has 0 N–H and O–H groups in total. The Balaban J connectivity index is 1.49. The van der Waals surface area contributed by atoms with Gasteiger partial charge in [0, 0.05) is 19.3 Å². The van der Waals surface area contributed by atoms with Crippen molar-refractivity contribution >= 4 is 17.9 Å². The monoisotopic (exact) mass is 448 g/mol. The van der Waals surface area contributed by atoms with Crippen LogP contribution in [-0.4, -0.2) is 48.9 Å². The number of esters is 3. The highest BCUT2D eigenvalue weighted by Crippen LogP contribution is 2.76. The summed E-state index contributed by atoms with van der Waals surface area (Å²) < 4.78 is 23.2. The maximum absolute atomic E-state index is 12.8. The zero-order valence-corrected chi connectivity index (χ0v) is 19.8. The Morgan fingerprint density at radius 2 is 1.62 bits per heavy atom. The molecule has 0 aromatic heterocycles. The van der Waals surface area contributed by atoms with Crippen LogP contribution >= 0.6 is 0 Å². The van der Waals surface area contributed by atoms with Gasteiger partial charge in [-0.2, -0.15) is 0 Å². The van der Waals surface area contributed by atoms with Crippen molar-refractivity contribution in [3.63, 3.8) is 0 Å². The molecule has 7 heteroatoms. The van der Waals surface area contributed by atoms with Crippen LogP contribution in [0.5, 0.6) is 0 Å². The van der Waals surface area contributed by atoms with Crippen LogP contribution in [0.4, 0.5) is 0 Å². The van der Waals surface area contributed by atoms with Crippen LogP contribution in [0.2, 0.25) is 0 Å². The lowest BCUT2D eigenvalue weighted by Gasteiger charge is -2.62. The zero-order valence-electron chi connectivity index (χ0n) is 19.8. The summed E-state index contributed by atoms with van der Waals surface area (Å²) in [6.07, 6.45) is 5.90. The van der Waals surface area contributed by atoms with E-state index in [0.29, 0.717) is 24.2 Å². The molecule has 0 amide bonds. The van der Waals surface area contributed by atoms with Crippen LogP contribution in [0.1, 0.15) is 72.6 Å². The van der Waals surface area contributed by atoms with Gasteiger partial charge in [0.25, 0.3) is 0 Å². The van der Waals surface area contributed by atoms with Gasteiger partial charge < -0.3 is 18.9 Å². The molecule has 5 aliphatic rings. The lowest BCUT2D eigenvalue weighted by atomic mass is 9.43. The van der Waals surface area contributed by atoms with E-state index in [1.54, 1.807) is 0 Å². The lowest BCUT2D eigenvalue weighted by molar-refractivity contribution is -0.212. The molecule has 0 bridgehead atoms. The molecule has 0 unspecified atom stereocenters. The largest absolute Gasteiger partial charge is 0.469 e. The number of carbonyl (C=O) groups excluding carboxylic acids is 3. The molecule has 0 aromatic rings. The van der Waals surface area contributed by atoms with Crippen LogP contribution in [-0.2, 0) is 33.3 Å². The molecule has 4 saturated carbocycles. The summed E-state index contributed by atoms with van der Waals surface area (Å²) in [5.41, 5.74) is -0.917. The van der Waals surface area contributed by atoms with E-state index in [9.17, 15) is 14.4 Å². The average molecular weight is 449 g/mol. The Bertz CT molecular complexity index is 840. The first-order chi connectivity index (χ1) is 15.1. The number of carbonyl (C=O) groups is 3. The van der Waals surface area contributed by atoms with E-state index < -0.39 is 11.0 Å². The van der Waals surface area contributed by atoms with Crippen molar-refractivity contribution in [1.82, 2.24) is 0 Å². The molecule has 1 aliphatic heterocycles. The molecule has 0 aromatic carbocycles. The van der Waals surface area contributed by atoms with Gasteiger partial charge in [-0.1, -0.05) is 13.8 Å². The summed E-state index contributed by atoms with van der Waals surface area (Å²) in [5.74, 6) is 0.0958. The number of fused-ring (bicyclic) bond motifs is 3. The van der Waals surface area contributed by atoms with Gasteiger partial charge in [0.15, 0.2) is 0 Å². The molecule has 0 radical (unpaired) electrons. The Hall–Kier alpha value is -1.63. The number of hydrogen-bond donors (Lipinski definition) is 0. The van der Waals surface area contributed by atoms with Crippen LogP contribution in [0.25, 0.3) is 0 Å². The van der Waals surface area contributed by atoms with Crippen molar-refractivity contribution in [2.24, 2.45) is 34.5 Å². The Morgan fingerprint density at radius 3 is 2.28 bits per heavy atom. The Kier molecular flexibility index (Phi) is 4.98. The zero-order chi connectivity index (χ0) is 23.1. The Morgan fingerprint density at radius 1 is 0.906 bits per heavy atom. The summed E-state index contributed by atoms with van der Waals surface area (Å²) >= 11 is 0. The first-order valence-corrected chi connectivity index (χ1v) is 12.2. The highest BCUT2D eigenvalue weighted by molar-refractivity contribution is 5.75. The molecular weight excluding hydrogens is 412 g/mol. The third-order valence-corrected chi connectivity index (χ3v) is 10.2. The van der Waals surface area contributed by atoms with Gasteiger partial charge in [-0.15, -0.1) is 0 Å². The molecule has 4 aliphatic carbocycles. The summed E-state index contributed by atoms with van der Waals surface area (Å²) in [7, 11) is 1.43. The topological polar surface area (TPSA) is 91.4 Å². The van der Waals surface area contributed by atoms with E-state index in [1.165, 1.54) is 21.0 Å². The van der Waals surface area contributed by atoms with Crippen molar-refractivity contribution in [3.05, 3.63) is 0 Å². The summed E-state index contributed by atoms with van der Waals surface area (Å²) in [4.78, 5) is 36.5. The minimum absolute atomic E-state index is 0.00137. The lowest BCUT2D eigenvalue weighted by Crippen LogP contribution is -2.64. The third-order valence-electron chi connectivity index (χ3n) is 10.2. The normalized spacial score (nSPS) is 50.7. The maximum atomic E-state index is 12.8. The molecule has 32 heavy (non-hydrogen) atoms.